The molecule has 0 aliphatic carbocycles. The van der Waals surface area contributed by atoms with Gasteiger partial charge in [0.2, 0.25) is 0 Å². The summed E-state index contributed by atoms with van der Waals surface area (Å²) in [6, 6.07) is 6.05. The third-order valence-electron chi connectivity index (χ3n) is 5.15. The molecule has 2 aliphatic heterocycles. The van der Waals surface area contributed by atoms with Gasteiger partial charge in [0.25, 0.3) is 0 Å². The molecule has 2 aliphatic rings. The van der Waals surface area contributed by atoms with E-state index in [4.69, 9.17) is 16.3 Å². The number of halogens is 3. The van der Waals surface area contributed by atoms with Crippen molar-refractivity contribution in [3.63, 3.8) is 0 Å². The molecule has 0 saturated carbocycles. The van der Waals surface area contributed by atoms with Crippen LogP contribution in [0.2, 0.25) is 5.02 Å². The van der Waals surface area contributed by atoms with Gasteiger partial charge in [-0.05, 0) is 54.3 Å². The van der Waals surface area contributed by atoms with Crippen LogP contribution in [0, 0.1) is 11.6 Å². The monoisotopic (exact) mass is 363 g/mol. The van der Waals surface area contributed by atoms with E-state index in [9.17, 15) is 8.78 Å². The summed E-state index contributed by atoms with van der Waals surface area (Å²) in [4.78, 5) is 0. The third-order valence-corrected chi connectivity index (χ3v) is 5.37. The van der Waals surface area contributed by atoms with Crippen LogP contribution in [0.5, 0.6) is 5.75 Å². The number of benzene rings is 2. The van der Waals surface area contributed by atoms with Crippen molar-refractivity contribution in [1.29, 1.82) is 0 Å². The zero-order valence-electron chi connectivity index (χ0n) is 14.2. The van der Waals surface area contributed by atoms with Gasteiger partial charge in [-0.3, -0.25) is 0 Å². The first kappa shape index (κ1) is 16.8. The SMILES string of the molecule is CC(C)c1cc(-c2c(F)cc(Cl)cc2F)cc2c1O[C@H]1CCNC[C@@H]21. The Labute approximate surface area is 151 Å². The Morgan fingerprint density at radius 2 is 1.88 bits per heavy atom. The van der Waals surface area contributed by atoms with E-state index in [0.717, 1.165) is 48.5 Å². The lowest BCUT2D eigenvalue weighted by molar-refractivity contribution is 0.171. The van der Waals surface area contributed by atoms with Gasteiger partial charge in [-0.1, -0.05) is 25.4 Å². The molecule has 2 heterocycles. The highest BCUT2D eigenvalue weighted by Gasteiger charge is 2.38. The first-order valence-corrected chi connectivity index (χ1v) is 9.03. The summed E-state index contributed by atoms with van der Waals surface area (Å²) in [5.74, 6) is 0.0286. The van der Waals surface area contributed by atoms with Crippen molar-refractivity contribution in [3.8, 4) is 16.9 Å². The van der Waals surface area contributed by atoms with E-state index in [1.807, 2.05) is 12.1 Å². The van der Waals surface area contributed by atoms with E-state index in [1.165, 1.54) is 0 Å². The number of rotatable bonds is 2. The topological polar surface area (TPSA) is 21.3 Å². The highest BCUT2D eigenvalue weighted by atomic mass is 35.5. The Kier molecular flexibility index (Phi) is 4.20. The molecule has 5 heteroatoms. The summed E-state index contributed by atoms with van der Waals surface area (Å²) in [6.45, 7) is 5.89. The molecular formula is C20H20ClF2NO. The van der Waals surface area contributed by atoms with Crippen LogP contribution < -0.4 is 10.1 Å². The molecule has 1 N–H and O–H groups in total. The fourth-order valence-electron chi connectivity index (χ4n) is 3.91. The lowest BCUT2D eigenvalue weighted by atomic mass is 9.86. The van der Waals surface area contributed by atoms with Crippen LogP contribution in [-0.2, 0) is 0 Å². The molecule has 2 atom stereocenters. The highest BCUT2D eigenvalue weighted by molar-refractivity contribution is 6.30. The normalized spacial score (nSPS) is 21.8. The Morgan fingerprint density at radius 1 is 1.16 bits per heavy atom. The molecule has 0 bridgehead atoms. The number of nitrogens with one attached hydrogen (secondary N) is 1. The summed E-state index contributed by atoms with van der Waals surface area (Å²) in [7, 11) is 0. The van der Waals surface area contributed by atoms with Crippen LogP contribution in [0.15, 0.2) is 24.3 Å². The van der Waals surface area contributed by atoms with Crippen molar-refractivity contribution >= 4 is 11.6 Å². The first-order chi connectivity index (χ1) is 12.0. The molecular weight excluding hydrogens is 344 g/mol. The zero-order chi connectivity index (χ0) is 17.7. The number of piperidine rings is 1. The number of ether oxygens (including phenoxy) is 1. The van der Waals surface area contributed by atoms with E-state index < -0.39 is 11.6 Å². The van der Waals surface area contributed by atoms with Crippen LogP contribution in [0.4, 0.5) is 8.78 Å². The lowest BCUT2D eigenvalue weighted by Gasteiger charge is -2.25. The zero-order valence-corrected chi connectivity index (χ0v) is 15.0. The number of hydrogen-bond acceptors (Lipinski definition) is 2. The second-order valence-corrected chi connectivity index (χ2v) is 7.57. The largest absolute Gasteiger partial charge is 0.489 e. The van der Waals surface area contributed by atoms with Crippen molar-refractivity contribution < 1.29 is 13.5 Å². The van der Waals surface area contributed by atoms with E-state index >= 15 is 0 Å². The molecule has 0 unspecified atom stereocenters. The maximum absolute atomic E-state index is 14.4. The van der Waals surface area contributed by atoms with Gasteiger partial charge in [-0.25, -0.2) is 8.78 Å². The quantitative estimate of drug-likeness (QED) is 0.787. The molecule has 25 heavy (non-hydrogen) atoms. The second-order valence-electron chi connectivity index (χ2n) is 7.14. The number of fused-ring (bicyclic) bond motifs is 3. The highest BCUT2D eigenvalue weighted by Crippen LogP contribution is 2.47. The van der Waals surface area contributed by atoms with Crippen molar-refractivity contribution in [1.82, 2.24) is 5.32 Å². The minimum absolute atomic E-state index is 0.0266. The molecule has 0 spiro atoms. The molecule has 0 amide bonds. The predicted molar refractivity (Wildman–Crippen MR) is 95.5 cm³/mol. The maximum atomic E-state index is 14.4. The van der Waals surface area contributed by atoms with Gasteiger partial charge >= 0.3 is 0 Å². The molecule has 132 valence electrons. The number of hydrogen-bond donors (Lipinski definition) is 1. The molecule has 0 radical (unpaired) electrons. The van der Waals surface area contributed by atoms with Crippen LogP contribution in [0.3, 0.4) is 0 Å². The molecule has 4 rings (SSSR count). The second kappa shape index (κ2) is 6.26. The van der Waals surface area contributed by atoms with Gasteiger partial charge in [0.15, 0.2) is 0 Å². The average Bonchev–Trinajstić information content (AvgIpc) is 2.91. The van der Waals surface area contributed by atoms with Gasteiger partial charge in [0.05, 0.1) is 5.56 Å². The van der Waals surface area contributed by atoms with E-state index in [-0.39, 0.29) is 28.5 Å². The Bertz CT molecular complexity index is 814. The van der Waals surface area contributed by atoms with Crippen molar-refractivity contribution in [3.05, 3.63) is 52.0 Å². The van der Waals surface area contributed by atoms with Crippen molar-refractivity contribution in [2.75, 3.05) is 13.1 Å². The van der Waals surface area contributed by atoms with Crippen LogP contribution in [0.1, 0.15) is 43.2 Å². The molecule has 2 nitrogen and oxygen atoms in total. The third kappa shape index (κ3) is 2.81. The van der Waals surface area contributed by atoms with Crippen LogP contribution in [0.25, 0.3) is 11.1 Å². The molecule has 2 aromatic carbocycles. The van der Waals surface area contributed by atoms with Crippen molar-refractivity contribution in [2.24, 2.45) is 0 Å². The fourth-order valence-corrected chi connectivity index (χ4v) is 4.11. The minimum atomic E-state index is -0.642. The van der Waals surface area contributed by atoms with Crippen LogP contribution >= 0.6 is 11.6 Å². The lowest BCUT2D eigenvalue weighted by Crippen LogP contribution is -2.37. The smallest absolute Gasteiger partial charge is 0.135 e. The van der Waals surface area contributed by atoms with Crippen molar-refractivity contribution in [2.45, 2.75) is 38.2 Å². The summed E-state index contributed by atoms with van der Waals surface area (Å²) >= 11 is 5.77. The predicted octanol–water partition coefficient (Wildman–Crippen LogP) is 5.25. The molecule has 0 aromatic heterocycles. The van der Waals surface area contributed by atoms with Gasteiger partial charge in [0.1, 0.15) is 23.5 Å². The fraction of sp³-hybridized carbons (Fsp3) is 0.400. The standard InChI is InChI=1S/C20H20ClF2NO/c1-10(2)13-5-11(19-16(22)7-12(21)8-17(19)23)6-14-15-9-24-4-3-18(15)25-20(13)14/h5-8,10,15,18,24H,3-4,9H2,1-2H3/t15-,18-/m0/s1. The molecule has 2 aromatic rings. The minimum Gasteiger partial charge on any atom is -0.489 e. The van der Waals surface area contributed by atoms with E-state index in [2.05, 4.69) is 19.2 Å². The van der Waals surface area contributed by atoms with Gasteiger partial charge in [-0.2, -0.15) is 0 Å². The summed E-state index contributed by atoms with van der Waals surface area (Å²) < 4.78 is 35.1. The first-order valence-electron chi connectivity index (χ1n) is 8.66. The maximum Gasteiger partial charge on any atom is 0.135 e. The Balaban J connectivity index is 1.91. The van der Waals surface area contributed by atoms with Gasteiger partial charge in [-0.15, -0.1) is 0 Å². The van der Waals surface area contributed by atoms with Crippen LogP contribution in [-0.4, -0.2) is 19.2 Å². The Morgan fingerprint density at radius 3 is 2.56 bits per heavy atom. The van der Waals surface area contributed by atoms with Gasteiger partial charge < -0.3 is 10.1 Å². The van der Waals surface area contributed by atoms with Gasteiger partial charge in [0, 0.05) is 23.0 Å². The molecule has 1 fully saturated rings. The average molecular weight is 364 g/mol. The van der Waals surface area contributed by atoms with E-state index in [0.29, 0.717) is 5.56 Å². The summed E-state index contributed by atoms with van der Waals surface area (Å²) in [6.07, 6.45) is 1.08. The molecule has 1 saturated heterocycles. The summed E-state index contributed by atoms with van der Waals surface area (Å²) in [5, 5.41) is 3.45. The Hall–Kier alpha value is -1.65. The van der Waals surface area contributed by atoms with E-state index in [1.54, 1.807) is 0 Å². The summed E-state index contributed by atoms with van der Waals surface area (Å²) in [5.41, 5.74) is 2.56.